The molecule has 1 aromatic carbocycles. The number of carbonyl (C=O) groups excluding carboxylic acids is 1. The quantitative estimate of drug-likeness (QED) is 0.767. The summed E-state index contributed by atoms with van der Waals surface area (Å²) >= 11 is 6.00. The van der Waals surface area contributed by atoms with Gasteiger partial charge in [-0.2, -0.15) is 0 Å². The first kappa shape index (κ1) is 18.9. The largest absolute Gasteiger partial charge is 0.495 e. The van der Waals surface area contributed by atoms with E-state index in [0.29, 0.717) is 10.8 Å². The van der Waals surface area contributed by atoms with Crippen molar-refractivity contribution in [2.75, 3.05) is 31.3 Å². The van der Waals surface area contributed by atoms with Crippen LogP contribution in [0, 0.1) is 0 Å². The third-order valence-electron chi connectivity index (χ3n) is 4.35. The Hall–Kier alpha value is -1.47. The summed E-state index contributed by atoms with van der Waals surface area (Å²) in [5, 5.41) is 0.371. The maximum Gasteiger partial charge on any atom is 0.243 e. The van der Waals surface area contributed by atoms with Crippen molar-refractivity contribution in [2.45, 2.75) is 31.7 Å². The summed E-state index contributed by atoms with van der Waals surface area (Å²) in [6, 6.07) is 4.86. The Morgan fingerprint density at radius 2 is 1.96 bits per heavy atom. The molecule has 8 heteroatoms. The molecule has 0 aliphatic heterocycles. The number of benzene rings is 1. The molecule has 0 unspecified atom stereocenters. The third kappa shape index (κ3) is 4.33. The second kappa shape index (κ2) is 7.61. The zero-order valence-corrected chi connectivity index (χ0v) is 15.7. The van der Waals surface area contributed by atoms with Gasteiger partial charge in [0.2, 0.25) is 15.9 Å². The molecule has 0 atom stereocenters. The molecule has 0 radical (unpaired) electrons. The monoisotopic (exact) mass is 374 g/mol. The van der Waals surface area contributed by atoms with E-state index in [-0.39, 0.29) is 24.2 Å². The summed E-state index contributed by atoms with van der Waals surface area (Å²) in [5.41, 5.74) is 0.265. The Kier molecular flexibility index (Phi) is 5.98. The minimum absolute atomic E-state index is 0.181. The van der Waals surface area contributed by atoms with Crippen molar-refractivity contribution >= 4 is 33.2 Å². The van der Waals surface area contributed by atoms with Crippen LogP contribution in [0.5, 0.6) is 5.75 Å². The molecule has 1 saturated carbocycles. The Balaban J connectivity index is 2.30. The Labute approximate surface area is 148 Å². The molecule has 1 aliphatic rings. The number of sulfonamides is 1. The number of hydrogen-bond acceptors (Lipinski definition) is 4. The molecule has 0 spiro atoms. The number of rotatable bonds is 6. The van der Waals surface area contributed by atoms with E-state index < -0.39 is 10.0 Å². The number of anilines is 1. The van der Waals surface area contributed by atoms with Crippen LogP contribution in [0.25, 0.3) is 0 Å². The normalized spacial score (nSPS) is 15.3. The van der Waals surface area contributed by atoms with Crippen molar-refractivity contribution in [1.29, 1.82) is 0 Å². The van der Waals surface area contributed by atoms with Gasteiger partial charge < -0.3 is 9.64 Å². The summed E-state index contributed by atoms with van der Waals surface area (Å²) < 4.78 is 30.8. The average molecular weight is 375 g/mol. The predicted octanol–water partition coefficient (Wildman–Crippen LogP) is 2.52. The van der Waals surface area contributed by atoms with E-state index in [2.05, 4.69) is 0 Å². The maximum absolute atomic E-state index is 12.6. The van der Waals surface area contributed by atoms with Crippen LogP contribution in [0.15, 0.2) is 18.2 Å². The highest BCUT2D eigenvalue weighted by atomic mass is 35.5. The minimum atomic E-state index is -3.67. The van der Waals surface area contributed by atoms with Gasteiger partial charge in [-0.05, 0) is 31.0 Å². The lowest BCUT2D eigenvalue weighted by Gasteiger charge is -2.29. The second-order valence-corrected chi connectivity index (χ2v) is 8.37. The molecule has 0 saturated heterocycles. The van der Waals surface area contributed by atoms with Gasteiger partial charge in [0.05, 0.1) is 19.1 Å². The lowest BCUT2D eigenvalue weighted by Crippen LogP contribution is -2.44. The molecule has 0 N–H and O–H groups in total. The minimum Gasteiger partial charge on any atom is -0.495 e. The topological polar surface area (TPSA) is 66.9 Å². The highest BCUT2D eigenvalue weighted by molar-refractivity contribution is 7.92. The van der Waals surface area contributed by atoms with Gasteiger partial charge in [-0.1, -0.05) is 24.4 Å². The molecule has 1 fully saturated rings. The smallest absolute Gasteiger partial charge is 0.243 e. The first-order valence-corrected chi connectivity index (χ1v) is 10.0. The fourth-order valence-electron chi connectivity index (χ4n) is 2.97. The summed E-state index contributed by atoms with van der Waals surface area (Å²) in [6.07, 6.45) is 5.18. The Morgan fingerprint density at radius 3 is 2.50 bits per heavy atom. The van der Waals surface area contributed by atoms with Gasteiger partial charge in [-0.25, -0.2) is 8.42 Å². The van der Waals surface area contributed by atoms with E-state index in [0.717, 1.165) is 36.2 Å². The predicted molar refractivity (Wildman–Crippen MR) is 95.2 cm³/mol. The summed E-state index contributed by atoms with van der Waals surface area (Å²) in [7, 11) is -0.498. The van der Waals surface area contributed by atoms with Gasteiger partial charge in [-0.3, -0.25) is 9.10 Å². The van der Waals surface area contributed by atoms with E-state index >= 15 is 0 Å². The van der Waals surface area contributed by atoms with Crippen molar-refractivity contribution < 1.29 is 17.9 Å². The standard InChI is InChI=1S/C16H23ClN2O4S/c1-18(13-6-4-5-7-13)16(20)11-19(24(3,21)22)14-10-12(17)8-9-15(14)23-2/h8-10,13H,4-7,11H2,1-3H3. The number of ether oxygens (including phenoxy) is 1. The second-order valence-electron chi connectivity index (χ2n) is 6.03. The van der Waals surface area contributed by atoms with E-state index in [1.165, 1.54) is 13.2 Å². The molecule has 6 nitrogen and oxygen atoms in total. The number of amides is 1. The van der Waals surface area contributed by atoms with Crippen LogP contribution in [0.4, 0.5) is 5.69 Å². The van der Waals surface area contributed by atoms with Crippen molar-refractivity contribution in [3.05, 3.63) is 23.2 Å². The van der Waals surface area contributed by atoms with Crippen molar-refractivity contribution in [2.24, 2.45) is 0 Å². The van der Waals surface area contributed by atoms with Gasteiger partial charge in [-0.15, -0.1) is 0 Å². The highest BCUT2D eigenvalue weighted by Gasteiger charge is 2.29. The van der Waals surface area contributed by atoms with Gasteiger partial charge in [0.25, 0.3) is 0 Å². The van der Waals surface area contributed by atoms with Crippen molar-refractivity contribution in [3.63, 3.8) is 0 Å². The molecule has 134 valence electrons. The van der Waals surface area contributed by atoms with E-state index in [1.807, 2.05) is 0 Å². The van der Waals surface area contributed by atoms with E-state index in [4.69, 9.17) is 16.3 Å². The lowest BCUT2D eigenvalue weighted by atomic mass is 10.2. The first-order valence-electron chi connectivity index (χ1n) is 7.81. The summed E-state index contributed by atoms with van der Waals surface area (Å²) in [4.78, 5) is 14.2. The van der Waals surface area contributed by atoms with Crippen LogP contribution in [-0.4, -0.2) is 52.2 Å². The van der Waals surface area contributed by atoms with Crippen LogP contribution in [0.2, 0.25) is 5.02 Å². The van der Waals surface area contributed by atoms with Gasteiger partial charge in [0.1, 0.15) is 12.3 Å². The van der Waals surface area contributed by atoms with Crippen LogP contribution in [0.1, 0.15) is 25.7 Å². The van der Waals surface area contributed by atoms with Gasteiger partial charge in [0, 0.05) is 18.1 Å². The molecule has 1 aromatic rings. The molecular weight excluding hydrogens is 352 g/mol. The number of halogens is 1. The van der Waals surface area contributed by atoms with Crippen LogP contribution in [-0.2, 0) is 14.8 Å². The molecule has 1 amide bonds. The molecule has 24 heavy (non-hydrogen) atoms. The Morgan fingerprint density at radius 1 is 1.33 bits per heavy atom. The van der Waals surface area contributed by atoms with Crippen LogP contribution in [0.3, 0.4) is 0 Å². The summed E-state index contributed by atoms with van der Waals surface area (Å²) in [5.74, 6) is 0.107. The Bertz CT molecular complexity index is 702. The van der Waals surface area contributed by atoms with Crippen LogP contribution >= 0.6 is 11.6 Å². The highest BCUT2D eigenvalue weighted by Crippen LogP contribution is 2.33. The van der Waals surface area contributed by atoms with Crippen molar-refractivity contribution in [1.82, 2.24) is 4.90 Å². The zero-order valence-electron chi connectivity index (χ0n) is 14.2. The number of carbonyl (C=O) groups is 1. The molecule has 0 aromatic heterocycles. The van der Waals surface area contributed by atoms with Gasteiger partial charge in [0.15, 0.2) is 0 Å². The zero-order chi connectivity index (χ0) is 17.9. The van der Waals surface area contributed by atoms with Crippen LogP contribution < -0.4 is 9.04 Å². The first-order chi connectivity index (χ1) is 11.2. The molecular formula is C16H23ClN2O4S. The van der Waals surface area contributed by atoms with Gasteiger partial charge >= 0.3 is 0 Å². The molecule has 2 rings (SSSR count). The molecule has 1 aliphatic carbocycles. The molecule has 0 heterocycles. The molecule has 0 bridgehead atoms. The van der Waals surface area contributed by atoms with Crippen molar-refractivity contribution in [3.8, 4) is 5.75 Å². The fraction of sp³-hybridized carbons (Fsp3) is 0.562. The fourth-order valence-corrected chi connectivity index (χ4v) is 3.98. The number of methoxy groups -OCH3 is 1. The van der Waals surface area contributed by atoms with E-state index in [9.17, 15) is 13.2 Å². The number of nitrogens with zero attached hydrogens (tertiary/aromatic N) is 2. The number of likely N-dealkylation sites (N-methyl/N-ethyl adjacent to an activating group) is 1. The SMILES string of the molecule is COc1ccc(Cl)cc1N(CC(=O)N(C)C1CCCC1)S(C)(=O)=O. The maximum atomic E-state index is 12.6. The number of hydrogen-bond donors (Lipinski definition) is 0. The lowest BCUT2D eigenvalue weighted by molar-refractivity contribution is -0.130. The third-order valence-corrected chi connectivity index (χ3v) is 5.72. The average Bonchev–Trinajstić information content (AvgIpc) is 3.04. The van der Waals surface area contributed by atoms with E-state index in [1.54, 1.807) is 24.1 Å². The summed E-state index contributed by atoms with van der Waals surface area (Å²) in [6.45, 7) is -0.275.